The molecule has 2 N–H and O–H groups in total. The molecule has 1 heterocycles. The fourth-order valence-corrected chi connectivity index (χ4v) is 1.70. The SMILES string of the molecule is Cc1cc(C(=O)NCC(C)CCO)cc(Cl)n1. The molecule has 1 rings (SSSR count). The maximum Gasteiger partial charge on any atom is 0.251 e. The number of aliphatic hydroxyl groups excluding tert-OH is 1. The number of rotatable bonds is 5. The standard InChI is InChI=1S/C12H17ClN2O2/c1-8(3-4-16)7-14-12(17)10-5-9(2)15-11(13)6-10/h5-6,8,16H,3-4,7H2,1-2H3,(H,14,17). The van der Waals surface area contributed by atoms with Crippen LogP contribution >= 0.6 is 11.6 Å². The number of carbonyl (C=O) groups excluding carboxylic acids is 1. The molecule has 0 aliphatic rings. The van der Waals surface area contributed by atoms with Gasteiger partial charge in [0.05, 0.1) is 0 Å². The molecule has 0 saturated carbocycles. The molecule has 1 unspecified atom stereocenters. The quantitative estimate of drug-likeness (QED) is 0.790. The summed E-state index contributed by atoms with van der Waals surface area (Å²) in [6.07, 6.45) is 0.677. The van der Waals surface area contributed by atoms with Crippen molar-refractivity contribution in [2.45, 2.75) is 20.3 Å². The number of hydrogen-bond acceptors (Lipinski definition) is 3. The highest BCUT2D eigenvalue weighted by molar-refractivity contribution is 6.29. The number of hydrogen-bond donors (Lipinski definition) is 2. The average molecular weight is 257 g/mol. The molecule has 1 aromatic rings. The fourth-order valence-electron chi connectivity index (χ4n) is 1.45. The van der Waals surface area contributed by atoms with E-state index in [2.05, 4.69) is 10.3 Å². The first-order chi connectivity index (χ1) is 8.02. The molecule has 5 heteroatoms. The average Bonchev–Trinajstić information content (AvgIpc) is 2.25. The van der Waals surface area contributed by atoms with E-state index in [1.165, 1.54) is 0 Å². The third-order valence-electron chi connectivity index (χ3n) is 2.42. The zero-order valence-electron chi connectivity index (χ0n) is 10.0. The Morgan fingerprint density at radius 3 is 2.88 bits per heavy atom. The van der Waals surface area contributed by atoms with E-state index in [0.29, 0.717) is 29.4 Å². The number of halogens is 1. The second-order valence-electron chi connectivity index (χ2n) is 4.15. The van der Waals surface area contributed by atoms with E-state index in [9.17, 15) is 4.79 Å². The van der Waals surface area contributed by atoms with Crippen LogP contribution in [0.25, 0.3) is 0 Å². The van der Waals surface area contributed by atoms with Crippen molar-refractivity contribution in [3.8, 4) is 0 Å². The van der Waals surface area contributed by atoms with Crippen molar-refractivity contribution in [3.05, 3.63) is 28.5 Å². The van der Waals surface area contributed by atoms with Crippen molar-refractivity contribution < 1.29 is 9.90 Å². The summed E-state index contributed by atoms with van der Waals surface area (Å²) in [6, 6.07) is 3.23. The summed E-state index contributed by atoms with van der Waals surface area (Å²) in [5, 5.41) is 11.9. The summed E-state index contributed by atoms with van der Waals surface area (Å²) < 4.78 is 0. The summed E-state index contributed by atoms with van der Waals surface area (Å²) in [6.45, 7) is 4.44. The van der Waals surface area contributed by atoms with Crippen molar-refractivity contribution in [1.29, 1.82) is 0 Å². The minimum Gasteiger partial charge on any atom is -0.396 e. The van der Waals surface area contributed by atoms with Crippen molar-refractivity contribution >= 4 is 17.5 Å². The molecular formula is C12H17ClN2O2. The Kier molecular flexibility index (Phi) is 5.38. The minimum absolute atomic E-state index is 0.136. The zero-order valence-corrected chi connectivity index (χ0v) is 10.8. The highest BCUT2D eigenvalue weighted by Gasteiger charge is 2.09. The molecule has 0 aliphatic carbocycles. The first-order valence-electron chi connectivity index (χ1n) is 5.56. The van der Waals surface area contributed by atoms with Crippen LogP contribution in [0, 0.1) is 12.8 Å². The van der Waals surface area contributed by atoms with Crippen molar-refractivity contribution in [2.75, 3.05) is 13.2 Å². The topological polar surface area (TPSA) is 62.2 Å². The number of pyridine rings is 1. The van der Waals surface area contributed by atoms with Gasteiger partial charge in [-0.15, -0.1) is 0 Å². The van der Waals surface area contributed by atoms with Gasteiger partial charge in [-0.05, 0) is 31.4 Å². The Hall–Kier alpha value is -1.13. The van der Waals surface area contributed by atoms with Crippen LogP contribution in [0.2, 0.25) is 5.15 Å². The molecular weight excluding hydrogens is 240 g/mol. The van der Waals surface area contributed by atoms with Gasteiger partial charge in [0.15, 0.2) is 0 Å². The molecule has 0 aromatic carbocycles. The van der Waals surface area contributed by atoms with Crippen LogP contribution in [0.5, 0.6) is 0 Å². The second-order valence-corrected chi connectivity index (χ2v) is 4.53. The number of amides is 1. The Balaban J connectivity index is 2.58. The number of aliphatic hydroxyl groups is 1. The minimum atomic E-state index is -0.165. The predicted octanol–water partition coefficient (Wildman–Crippen LogP) is 1.79. The van der Waals surface area contributed by atoms with Crippen molar-refractivity contribution in [1.82, 2.24) is 10.3 Å². The normalized spacial score (nSPS) is 12.2. The molecule has 17 heavy (non-hydrogen) atoms. The summed E-state index contributed by atoms with van der Waals surface area (Å²) in [5.41, 5.74) is 1.23. The summed E-state index contributed by atoms with van der Waals surface area (Å²) in [5.74, 6) is 0.0875. The third kappa shape index (κ3) is 4.71. The largest absolute Gasteiger partial charge is 0.396 e. The fraction of sp³-hybridized carbons (Fsp3) is 0.500. The maximum absolute atomic E-state index is 11.8. The van der Waals surface area contributed by atoms with E-state index in [0.717, 1.165) is 0 Å². The molecule has 1 amide bonds. The van der Waals surface area contributed by atoms with Gasteiger partial charge >= 0.3 is 0 Å². The van der Waals surface area contributed by atoms with E-state index >= 15 is 0 Å². The van der Waals surface area contributed by atoms with Crippen LogP contribution in [0.1, 0.15) is 29.4 Å². The lowest BCUT2D eigenvalue weighted by molar-refractivity contribution is 0.0945. The van der Waals surface area contributed by atoms with Crippen LogP contribution in [0.3, 0.4) is 0 Å². The monoisotopic (exact) mass is 256 g/mol. The molecule has 0 bridgehead atoms. The predicted molar refractivity (Wildman–Crippen MR) is 67.2 cm³/mol. The number of nitrogens with one attached hydrogen (secondary N) is 1. The lowest BCUT2D eigenvalue weighted by atomic mass is 10.1. The Bertz CT molecular complexity index is 376. The van der Waals surface area contributed by atoms with Crippen molar-refractivity contribution in [2.24, 2.45) is 5.92 Å². The highest BCUT2D eigenvalue weighted by Crippen LogP contribution is 2.10. The van der Waals surface area contributed by atoms with Gasteiger partial charge in [-0.25, -0.2) is 4.98 Å². The Morgan fingerprint density at radius 2 is 2.29 bits per heavy atom. The van der Waals surface area contributed by atoms with Gasteiger partial charge in [0.1, 0.15) is 5.15 Å². The summed E-state index contributed by atoms with van der Waals surface area (Å²) in [7, 11) is 0. The first kappa shape index (κ1) is 13.9. The van der Waals surface area contributed by atoms with E-state index < -0.39 is 0 Å². The lowest BCUT2D eigenvalue weighted by Gasteiger charge is -2.11. The summed E-state index contributed by atoms with van der Waals surface area (Å²) >= 11 is 5.78. The molecule has 1 aromatic heterocycles. The molecule has 0 saturated heterocycles. The molecule has 0 fully saturated rings. The van der Waals surface area contributed by atoms with Gasteiger partial charge in [0.2, 0.25) is 0 Å². The third-order valence-corrected chi connectivity index (χ3v) is 2.61. The van der Waals surface area contributed by atoms with Gasteiger partial charge in [-0.3, -0.25) is 4.79 Å². The van der Waals surface area contributed by atoms with E-state index in [1.54, 1.807) is 19.1 Å². The second kappa shape index (κ2) is 6.57. The van der Waals surface area contributed by atoms with E-state index in [4.69, 9.17) is 16.7 Å². The van der Waals surface area contributed by atoms with E-state index in [1.807, 2.05) is 6.92 Å². The van der Waals surface area contributed by atoms with Gasteiger partial charge in [0.25, 0.3) is 5.91 Å². The molecule has 1 atom stereocenters. The molecule has 94 valence electrons. The van der Waals surface area contributed by atoms with E-state index in [-0.39, 0.29) is 18.4 Å². The number of aromatic nitrogens is 1. The number of nitrogens with zero attached hydrogens (tertiary/aromatic N) is 1. The van der Waals surface area contributed by atoms with Crippen LogP contribution < -0.4 is 5.32 Å². The zero-order chi connectivity index (χ0) is 12.8. The molecule has 0 radical (unpaired) electrons. The van der Waals surface area contributed by atoms with Gasteiger partial charge in [-0.1, -0.05) is 18.5 Å². The van der Waals surface area contributed by atoms with Crippen molar-refractivity contribution in [3.63, 3.8) is 0 Å². The number of aryl methyl sites for hydroxylation is 1. The lowest BCUT2D eigenvalue weighted by Crippen LogP contribution is -2.28. The highest BCUT2D eigenvalue weighted by atomic mass is 35.5. The Morgan fingerprint density at radius 1 is 1.59 bits per heavy atom. The summed E-state index contributed by atoms with van der Waals surface area (Å²) in [4.78, 5) is 15.8. The first-order valence-corrected chi connectivity index (χ1v) is 5.94. The number of carbonyl (C=O) groups is 1. The molecule has 0 aliphatic heterocycles. The van der Waals surface area contributed by atoms with Gasteiger partial charge in [0, 0.05) is 24.4 Å². The van der Waals surface area contributed by atoms with Crippen LogP contribution in [-0.4, -0.2) is 29.1 Å². The Labute approximate surface area is 106 Å². The van der Waals surface area contributed by atoms with Gasteiger partial charge in [-0.2, -0.15) is 0 Å². The molecule has 0 spiro atoms. The van der Waals surface area contributed by atoms with Crippen LogP contribution in [0.4, 0.5) is 0 Å². The van der Waals surface area contributed by atoms with Crippen LogP contribution in [0.15, 0.2) is 12.1 Å². The molecule has 4 nitrogen and oxygen atoms in total. The van der Waals surface area contributed by atoms with Crippen LogP contribution in [-0.2, 0) is 0 Å². The maximum atomic E-state index is 11.8. The van der Waals surface area contributed by atoms with Gasteiger partial charge < -0.3 is 10.4 Å². The smallest absolute Gasteiger partial charge is 0.251 e.